The van der Waals surface area contributed by atoms with Gasteiger partial charge in [-0.05, 0) is 35.9 Å². The van der Waals surface area contributed by atoms with Gasteiger partial charge in [0.25, 0.3) is 5.56 Å². The minimum atomic E-state index is -4.56. The van der Waals surface area contributed by atoms with Crippen LogP contribution in [0.3, 0.4) is 0 Å². The highest BCUT2D eigenvalue weighted by atomic mass is 31.2. The average molecular weight is 516 g/mol. The minimum Gasteiger partial charge on any atom is -0.355 e. The number of benzene rings is 2. The molecule has 1 aliphatic heterocycles. The summed E-state index contributed by atoms with van der Waals surface area (Å²) in [7, 11) is -3.21. The maximum Gasteiger partial charge on any atom is 0.419 e. The molecule has 0 aliphatic carbocycles. The molecule has 0 unspecified atom stereocenters. The summed E-state index contributed by atoms with van der Waals surface area (Å²) >= 11 is 0. The zero-order valence-electron chi connectivity index (χ0n) is 18.9. The van der Waals surface area contributed by atoms with Gasteiger partial charge in [-0.3, -0.25) is 4.79 Å². The fourth-order valence-electron chi connectivity index (χ4n) is 4.59. The van der Waals surface area contributed by atoms with Crippen LogP contribution >= 0.6 is 7.14 Å². The van der Waals surface area contributed by atoms with Crippen LogP contribution in [-0.2, 0) is 17.2 Å². The number of aromatic nitrogens is 3. The molecule has 0 amide bonds. The Kier molecular flexibility index (Phi) is 6.16. The number of pyridine rings is 1. The molecule has 6 nitrogen and oxygen atoms in total. The molecule has 0 radical (unpaired) electrons. The highest BCUT2D eigenvalue weighted by molar-refractivity contribution is 7.71. The molecule has 1 fully saturated rings. The molecule has 0 atom stereocenters. The second kappa shape index (κ2) is 9.17. The molecule has 11 heteroatoms. The molecule has 2 aromatic carbocycles. The molecule has 1 saturated heterocycles. The van der Waals surface area contributed by atoms with Crippen molar-refractivity contribution in [3.63, 3.8) is 0 Å². The van der Waals surface area contributed by atoms with Gasteiger partial charge >= 0.3 is 6.18 Å². The minimum absolute atomic E-state index is 0.0289. The van der Waals surface area contributed by atoms with Crippen LogP contribution in [0, 0.1) is 5.82 Å². The molecule has 4 aromatic rings. The lowest BCUT2D eigenvalue weighted by atomic mass is 10.0. The summed E-state index contributed by atoms with van der Waals surface area (Å²) in [6.45, 7) is 0.125. The standard InChI is InChI=1S/C25H21F4N4O2P/c26-20-8-7-16(14-21-17-4-1-2-5-18(17)24(34)32-31-21)15-22(20)36(35)12-10-33(11-13-36)23-19(25(27,28)29)6-3-9-30-23/h1-9,15H,10-14H2,(H,32,34). The number of hydrogen-bond donors (Lipinski definition) is 1. The van der Waals surface area contributed by atoms with E-state index in [-0.39, 0.29) is 48.5 Å². The van der Waals surface area contributed by atoms with Crippen LogP contribution in [0.5, 0.6) is 0 Å². The normalized spacial score (nSPS) is 15.8. The van der Waals surface area contributed by atoms with Gasteiger partial charge in [-0.25, -0.2) is 14.5 Å². The number of nitrogens with one attached hydrogen (secondary N) is 1. The Bertz CT molecular complexity index is 1540. The lowest BCUT2D eigenvalue weighted by Gasteiger charge is -2.34. The van der Waals surface area contributed by atoms with Crippen LogP contribution in [0.1, 0.15) is 16.8 Å². The maximum atomic E-state index is 14.9. The van der Waals surface area contributed by atoms with Crippen LogP contribution in [0.15, 0.2) is 65.6 Å². The quantitative estimate of drug-likeness (QED) is 0.318. The van der Waals surface area contributed by atoms with Crippen LogP contribution in [0.25, 0.3) is 10.8 Å². The van der Waals surface area contributed by atoms with E-state index in [1.807, 2.05) is 0 Å². The first-order chi connectivity index (χ1) is 17.2. The molecule has 2 aromatic heterocycles. The molecule has 0 saturated carbocycles. The third kappa shape index (κ3) is 4.53. The van der Waals surface area contributed by atoms with Gasteiger partial charge in [-0.2, -0.15) is 18.3 Å². The summed E-state index contributed by atoms with van der Waals surface area (Å²) in [4.78, 5) is 17.4. The number of aromatic amines is 1. The molecule has 0 spiro atoms. The Labute approximate surface area is 203 Å². The van der Waals surface area contributed by atoms with E-state index in [0.717, 1.165) is 6.07 Å². The molecule has 0 bridgehead atoms. The molecule has 1 N–H and O–H groups in total. The fourth-order valence-corrected chi connectivity index (χ4v) is 7.29. The van der Waals surface area contributed by atoms with Gasteiger partial charge in [-0.1, -0.05) is 24.3 Å². The van der Waals surface area contributed by atoms with Crippen molar-refractivity contribution >= 4 is 29.0 Å². The predicted molar refractivity (Wildman–Crippen MR) is 130 cm³/mol. The molecule has 1 aliphatic rings. The Morgan fingerprint density at radius 1 is 1.00 bits per heavy atom. The van der Waals surface area contributed by atoms with Crippen molar-refractivity contribution in [3.8, 4) is 0 Å². The van der Waals surface area contributed by atoms with E-state index in [1.54, 1.807) is 36.4 Å². The molecule has 36 heavy (non-hydrogen) atoms. The van der Waals surface area contributed by atoms with Gasteiger partial charge in [0.1, 0.15) is 18.8 Å². The van der Waals surface area contributed by atoms with Gasteiger partial charge in [0, 0.05) is 48.7 Å². The second-order valence-electron chi connectivity index (χ2n) is 8.70. The summed E-state index contributed by atoms with van der Waals surface area (Å²) in [5.74, 6) is -0.815. The second-order valence-corrected chi connectivity index (χ2v) is 11.9. The number of hydrogen-bond acceptors (Lipinski definition) is 5. The summed E-state index contributed by atoms with van der Waals surface area (Å²) in [6, 6.07) is 13.6. The van der Waals surface area contributed by atoms with Gasteiger partial charge in [0.2, 0.25) is 0 Å². The zero-order chi connectivity index (χ0) is 25.5. The van der Waals surface area contributed by atoms with Crippen molar-refractivity contribution in [3.05, 3.63) is 93.8 Å². The molecular formula is C25H21F4N4O2P. The molecule has 5 rings (SSSR count). The van der Waals surface area contributed by atoms with Crippen molar-refractivity contribution in [2.24, 2.45) is 0 Å². The Hall–Kier alpha value is -3.52. The number of alkyl halides is 3. The summed E-state index contributed by atoms with van der Waals surface area (Å²) < 4.78 is 68.9. The van der Waals surface area contributed by atoms with Gasteiger partial charge in [-0.15, -0.1) is 0 Å². The lowest BCUT2D eigenvalue weighted by Crippen LogP contribution is -2.39. The number of rotatable bonds is 4. The van der Waals surface area contributed by atoms with E-state index in [9.17, 15) is 26.9 Å². The number of halogens is 4. The smallest absolute Gasteiger partial charge is 0.355 e. The Morgan fingerprint density at radius 3 is 2.44 bits per heavy atom. The topological polar surface area (TPSA) is 79.0 Å². The number of H-pyrrole nitrogens is 1. The van der Waals surface area contributed by atoms with Crippen LogP contribution < -0.4 is 15.8 Å². The van der Waals surface area contributed by atoms with Crippen LogP contribution in [0.4, 0.5) is 23.4 Å². The highest BCUT2D eigenvalue weighted by Gasteiger charge is 2.39. The Balaban J connectivity index is 1.41. The van der Waals surface area contributed by atoms with Gasteiger partial charge < -0.3 is 9.46 Å². The first-order valence-corrected chi connectivity index (χ1v) is 13.3. The number of fused-ring (bicyclic) bond motifs is 1. The molecule has 186 valence electrons. The first kappa shape index (κ1) is 24.2. The third-order valence-electron chi connectivity index (χ3n) is 6.45. The Morgan fingerprint density at radius 2 is 1.72 bits per heavy atom. The van der Waals surface area contributed by atoms with Crippen LogP contribution in [-0.4, -0.2) is 40.6 Å². The van der Waals surface area contributed by atoms with Gasteiger partial charge in [0.15, 0.2) is 0 Å². The van der Waals surface area contributed by atoms with Gasteiger partial charge in [0.05, 0.1) is 16.6 Å². The lowest BCUT2D eigenvalue weighted by molar-refractivity contribution is -0.137. The number of nitrogens with zero attached hydrogens (tertiary/aromatic N) is 3. The maximum absolute atomic E-state index is 14.9. The van der Waals surface area contributed by atoms with Crippen molar-refractivity contribution in [1.82, 2.24) is 15.2 Å². The fraction of sp³-hybridized carbons (Fsp3) is 0.240. The molecular weight excluding hydrogens is 495 g/mol. The largest absolute Gasteiger partial charge is 0.419 e. The van der Waals surface area contributed by atoms with Crippen LogP contribution in [0.2, 0.25) is 0 Å². The van der Waals surface area contributed by atoms with Crippen molar-refractivity contribution in [1.29, 1.82) is 0 Å². The molecule has 3 heterocycles. The van der Waals surface area contributed by atoms with E-state index in [0.29, 0.717) is 22.0 Å². The summed E-state index contributed by atoms with van der Waals surface area (Å²) in [5, 5.41) is 7.86. The van der Waals surface area contributed by atoms with E-state index in [1.165, 1.54) is 23.2 Å². The highest BCUT2D eigenvalue weighted by Crippen LogP contribution is 2.48. The summed E-state index contributed by atoms with van der Waals surface area (Å²) in [5.41, 5.74) is 0.0889. The third-order valence-corrected chi connectivity index (χ3v) is 9.52. The monoisotopic (exact) mass is 516 g/mol. The predicted octanol–water partition coefficient (Wildman–Crippen LogP) is 4.58. The van der Waals surface area contributed by atoms with E-state index < -0.39 is 24.7 Å². The van der Waals surface area contributed by atoms with E-state index in [2.05, 4.69) is 15.2 Å². The van der Waals surface area contributed by atoms with Crippen molar-refractivity contribution < 1.29 is 22.1 Å². The van der Waals surface area contributed by atoms with E-state index in [4.69, 9.17) is 0 Å². The SMILES string of the molecule is O=c1[nH]nc(Cc2ccc(F)c(P3(=O)CCN(c4ncccc4C(F)(F)F)CC3)c2)c2ccccc12. The van der Waals surface area contributed by atoms with Crippen molar-refractivity contribution in [2.45, 2.75) is 12.6 Å². The van der Waals surface area contributed by atoms with Crippen molar-refractivity contribution in [2.75, 3.05) is 30.3 Å². The number of anilines is 1. The average Bonchev–Trinajstić information content (AvgIpc) is 2.87. The zero-order valence-corrected chi connectivity index (χ0v) is 19.8. The summed E-state index contributed by atoms with van der Waals surface area (Å²) in [6.07, 6.45) is -2.94. The first-order valence-electron chi connectivity index (χ1n) is 11.3. The van der Waals surface area contributed by atoms with E-state index >= 15 is 0 Å².